The van der Waals surface area contributed by atoms with Crippen molar-refractivity contribution in [2.24, 2.45) is 0 Å². The minimum atomic E-state index is -0.139. The fourth-order valence-electron chi connectivity index (χ4n) is 3.26. The Kier molecular flexibility index (Phi) is 6.20. The molecule has 0 unspecified atom stereocenters. The van der Waals surface area contributed by atoms with E-state index in [9.17, 15) is 9.59 Å². The van der Waals surface area contributed by atoms with E-state index in [1.165, 1.54) is 23.1 Å². The van der Waals surface area contributed by atoms with E-state index in [4.69, 9.17) is 4.98 Å². The number of benzene rings is 1. The zero-order valence-corrected chi connectivity index (χ0v) is 19.1. The van der Waals surface area contributed by atoms with E-state index in [1.807, 2.05) is 57.2 Å². The molecule has 158 valence electrons. The number of nitrogens with one attached hydrogen (secondary N) is 1. The van der Waals surface area contributed by atoms with Crippen LogP contribution in [0.4, 0.5) is 5.69 Å². The molecule has 3 aromatic heterocycles. The van der Waals surface area contributed by atoms with Gasteiger partial charge in [0, 0.05) is 23.0 Å². The second kappa shape index (κ2) is 9.03. The average Bonchev–Trinajstić information content (AvgIpc) is 3.05. The lowest BCUT2D eigenvalue weighted by atomic mass is 10.2. The van der Waals surface area contributed by atoms with Gasteiger partial charge in [0.05, 0.1) is 17.7 Å². The molecule has 3 heterocycles. The van der Waals surface area contributed by atoms with Gasteiger partial charge in [-0.1, -0.05) is 36.0 Å². The van der Waals surface area contributed by atoms with Crippen LogP contribution in [-0.4, -0.2) is 26.2 Å². The number of thiophene rings is 1. The first-order chi connectivity index (χ1) is 14.9. The Hall–Kier alpha value is -2.97. The molecule has 0 aliphatic heterocycles. The Morgan fingerprint density at radius 1 is 1.16 bits per heavy atom. The van der Waals surface area contributed by atoms with Crippen LogP contribution in [0.25, 0.3) is 10.2 Å². The van der Waals surface area contributed by atoms with Crippen LogP contribution in [0.2, 0.25) is 0 Å². The molecule has 0 saturated heterocycles. The van der Waals surface area contributed by atoms with Gasteiger partial charge in [-0.05, 0) is 49.6 Å². The number of aryl methyl sites for hydroxylation is 3. The Bertz CT molecular complexity index is 1310. The van der Waals surface area contributed by atoms with Crippen molar-refractivity contribution in [1.82, 2.24) is 14.5 Å². The smallest absolute Gasteiger partial charge is 0.263 e. The summed E-state index contributed by atoms with van der Waals surface area (Å²) >= 11 is 2.78. The van der Waals surface area contributed by atoms with Gasteiger partial charge < -0.3 is 5.32 Å². The van der Waals surface area contributed by atoms with E-state index in [0.29, 0.717) is 21.9 Å². The quantitative estimate of drug-likeness (QED) is 0.344. The van der Waals surface area contributed by atoms with Gasteiger partial charge in [0.1, 0.15) is 4.83 Å². The van der Waals surface area contributed by atoms with Gasteiger partial charge in [0.15, 0.2) is 5.16 Å². The molecule has 6 nitrogen and oxygen atoms in total. The van der Waals surface area contributed by atoms with Crippen molar-refractivity contribution >= 4 is 44.9 Å². The fraction of sp³-hybridized carbons (Fsp3) is 0.217. The summed E-state index contributed by atoms with van der Waals surface area (Å²) in [6.07, 6.45) is 3.44. The summed E-state index contributed by atoms with van der Waals surface area (Å²) in [5.74, 6) is 0.0166. The summed E-state index contributed by atoms with van der Waals surface area (Å²) in [5, 5.41) is 4.12. The number of amides is 1. The van der Waals surface area contributed by atoms with Gasteiger partial charge in [-0.15, -0.1) is 11.3 Å². The van der Waals surface area contributed by atoms with Crippen LogP contribution in [0.5, 0.6) is 0 Å². The number of carbonyl (C=O) groups is 1. The van der Waals surface area contributed by atoms with Crippen molar-refractivity contribution in [1.29, 1.82) is 0 Å². The molecular formula is C23H22N4O2S2. The molecule has 1 N–H and O–H groups in total. The Labute approximate surface area is 188 Å². The molecule has 4 aromatic rings. The van der Waals surface area contributed by atoms with Crippen molar-refractivity contribution in [2.75, 3.05) is 11.1 Å². The van der Waals surface area contributed by atoms with Gasteiger partial charge in [-0.3, -0.25) is 19.1 Å². The lowest BCUT2D eigenvalue weighted by molar-refractivity contribution is -0.113. The molecule has 1 amide bonds. The van der Waals surface area contributed by atoms with Crippen LogP contribution in [-0.2, 0) is 11.3 Å². The maximum absolute atomic E-state index is 13.4. The maximum Gasteiger partial charge on any atom is 0.263 e. The zero-order valence-electron chi connectivity index (χ0n) is 17.5. The van der Waals surface area contributed by atoms with Crippen LogP contribution >= 0.6 is 23.1 Å². The highest BCUT2D eigenvalue weighted by atomic mass is 32.2. The predicted octanol–water partition coefficient (Wildman–Crippen LogP) is 4.56. The maximum atomic E-state index is 13.4. The highest BCUT2D eigenvalue weighted by molar-refractivity contribution is 7.99. The number of hydrogen-bond donors (Lipinski definition) is 1. The van der Waals surface area contributed by atoms with Gasteiger partial charge in [0.2, 0.25) is 5.91 Å². The van der Waals surface area contributed by atoms with Crippen molar-refractivity contribution in [3.8, 4) is 0 Å². The van der Waals surface area contributed by atoms with Crippen LogP contribution in [0, 0.1) is 20.8 Å². The third-order valence-corrected chi connectivity index (χ3v) is 7.15. The average molecular weight is 451 g/mol. The monoisotopic (exact) mass is 450 g/mol. The van der Waals surface area contributed by atoms with E-state index in [2.05, 4.69) is 10.3 Å². The molecule has 4 rings (SSSR count). The van der Waals surface area contributed by atoms with Gasteiger partial charge in [-0.25, -0.2) is 4.98 Å². The lowest BCUT2D eigenvalue weighted by Crippen LogP contribution is -2.25. The van der Waals surface area contributed by atoms with Crippen molar-refractivity contribution < 1.29 is 4.79 Å². The third-order valence-electron chi connectivity index (χ3n) is 5.07. The van der Waals surface area contributed by atoms with E-state index in [1.54, 1.807) is 17.0 Å². The van der Waals surface area contributed by atoms with Crippen LogP contribution in [0.3, 0.4) is 0 Å². The fourth-order valence-corrected chi connectivity index (χ4v) is 5.13. The molecule has 0 aliphatic carbocycles. The molecule has 8 heteroatoms. The molecule has 31 heavy (non-hydrogen) atoms. The number of pyridine rings is 1. The molecule has 0 bridgehead atoms. The summed E-state index contributed by atoms with van der Waals surface area (Å²) in [6.45, 7) is 6.25. The summed E-state index contributed by atoms with van der Waals surface area (Å²) in [6, 6.07) is 11.4. The zero-order chi connectivity index (χ0) is 22.0. The van der Waals surface area contributed by atoms with Crippen LogP contribution < -0.4 is 10.9 Å². The number of anilines is 1. The van der Waals surface area contributed by atoms with Crippen LogP contribution in [0.15, 0.2) is 58.7 Å². The minimum absolute atomic E-state index is 0.0856. The van der Waals surface area contributed by atoms with E-state index in [0.717, 1.165) is 27.3 Å². The summed E-state index contributed by atoms with van der Waals surface area (Å²) in [4.78, 5) is 36.6. The van der Waals surface area contributed by atoms with Gasteiger partial charge in [-0.2, -0.15) is 0 Å². The lowest BCUT2D eigenvalue weighted by Gasteiger charge is -2.13. The van der Waals surface area contributed by atoms with Crippen molar-refractivity contribution in [3.63, 3.8) is 0 Å². The second-order valence-corrected chi connectivity index (χ2v) is 9.41. The predicted molar refractivity (Wildman–Crippen MR) is 127 cm³/mol. The molecule has 0 spiro atoms. The summed E-state index contributed by atoms with van der Waals surface area (Å²) < 4.78 is 1.64. The number of fused-ring (bicyclic) bond motifs is 1. The van der Waals surface area contributed by atoms with Crippen LogP contribution in [0.1, 0.15) is 21.6 Å². The highest BCUT2D eigenvalue weighted by Gasteiger charge is 2.18. The first-order valence-corrected chi connectivity index (χ1v) is 11.6. The first-order valence-electron chi connectivity index (χ1n) is 9.81. The van der Waals surface area contributed by atoms with E-state index < -0.39 is 0 Å². The number of thioether (sulfide) groups is 1. The largest absolute Gasteiger partial charge is 0.325 e. The third kappa shape index (κ3) is 4.55. The van der Waals surface area contributed by atoms with Crippen molar-refractivity contribution in [3.05, 3.63) is 80.7 Å². The van der Waals surface area contributed by atoms with Gasteiger partial charge >= 0.3 is 0 Å². The number of nitrogens with zero attached hydrogens (tertiary/aromatic N) is 3. The number of aromatic nitrogens is 3. The normalized spacial score (nSPS) is 11.1. The van der Waals surface area contributed by atoms with Gasteiger partial charge in [0.25, 0.3) is 5.56 Å². The van der Waals surface area contributed by atoms with Crippen molar-refractivity contribution in [2.45, 2.75) is 32.5 Å². The molecule has 0 aliphatic rings. The second-order valence-electron chi connectivity index (χ2n) is 7.26. The molecule has 1 aromatic carbocycles. The first kappa shape index (κ1) is 21.3. The Morgan fingerprint density at radius 2 is 1.97 bits per heavy atom. The summed E-state index contributed by atoms with van der Waals surface area (Å²) in [7, 11) is 0. The van der Waals surface area contributed by atoms with E-state index >= 15 is 0 Å². The molecular weight excluding hydrogens is 428 g/mol. The topological polar surface area (TPSA) is 76.9 Å². The Balaban J connectivity index is 1.65. The molecule has 0 atom stereocenters. The summed E-state index contributed by atoms with van der Waals surface area (Å²) in [5.41, 5.74) is 3.57. The molecule has 0 radical (unpaired) electrons. The SMILES string of the molecule is Cc1ccccc1NC(=O)CSc1nc2sc(C)c(C)c2c(=O)n1Cc1cccnc1. The Morgan fingerprint density at radius 3 is 2.71 bits per heavy atom. The number of hydrogen-bond acceptors (Lipinski definition) is 6. The molecule has 0 saturated carbocycles. The number of carbonyl (C=O) groups excluding carboxylic acids is 1. The van der Waals surface area contributed by atoms with E-state index in [-0.39, 0.29) is 17.2 Å². The standard InChI is InChI=1S/C23H22N4O2S2/c1-14-7-4-5-9-18(14)25-19(28)13-30-23-26-21-20(15(2)16(3)31-21)22(29)27(23)12-17-8-6-10-24-11-17/h4-11H,12-13H2,1-3H3,(H,25,28). The minimum Gasteiger partial charge on any atom is -0.325 e. The highest BCUT2D eigenvalue weighted by Crippen LogP contribution is 2.28. The molecule has 0 fully saturated rings. The number of rotatable bonds is 6. The number of para-hydroxylation sites is 1.